The van der Waals surface area contributed by atoms with Gasteiger partial charge in [-0.1, -0.05) is 0 Å². The van der Waals surface area contributed by atoms with Crippen molar-refractivity contribution in [1.82, 2.24) is 10.0 Å². The molecule has 4 nitrogen and oxygen atoms in total. The minimum Gasteiger partial charge on any atom is -0.313 e. The molecule has 0 spiro atoms. The highest BCUT2D eigenvalue weighted by Crippen LogP contribution is 2.19. The number of hydrogen-bond donors (Lipinski definition) is 2. The van der Waals surface area contributed by atoms with Crippen molar-refractivity contribution in [2.45, 2.75) is 57.4 Å². The van der Waals surface area contributed by atoms with Gasteiger partial charge in [0.05, 0.1) is 5.25 Å². The summed E-state index contributed by atoms with van der Waals surface area (Å²) in [5, 5.41) is 2.88. The van der Waals surface area contributed by atoms with Gasteiger partial charge in [0.25, 0.3) is 0 Å². The lowest BCUT2D eigenvalue weighted by molar-refractivity contribution is 0.540. The molecular formula is C14H24N2O2S2. The monoisotopic (exact) mass is 316 g/mol. The van der Waals surface area contributed by atoms with Gasteiger partial charge in [0, 0.05) is 28.4 Å². The number of nitrogens with one attached hydrogen (secondary N) is 2. The molecule has 1 aliphatic rings. The molecule has 0 amide bonds. The molecule has 20 heavy (non-hydrogen) atoms. The topological polar surface area (TPSA) is 58.2 Å². The van der Waals surface area contributed by atoms with Gasteiger partial charge in [0.1, 0.15) is 0 Å². The highest BCUT2D eigenvalue weighted by atomic mass is 32.2. The summed E-state index contributed by atoms with van der Waals surface area (Å²) in [6.45, 7) is 6.28. The molecule has 0 bridgehead atoms. The Balaban J connectivity index is 1.82. The molecule has 0 radical (unpaired) electrons. The van der Waals surface area contributed by atoms with E-state index in [0.29, 0.717) is 12.6 Å². The van der Waals surface area contributed by atoms with Crippen molar-refractivity contribution in [3.63, 3.8) is 0 Å². The first-order chi connectivity index (χ1) is 9.37. The van der Waals surface area contributed by atoms with E-state index < -0.39 is 15.3 Å². The SMILES string of the molecule is Cc1ccc(CC(C)NS(=O)(=O)C(C)CNC2CC2)s1. The van der Waals surface area contributed by atoms with Crippen LogP contribution in [0, 0.1) is 6.92 Å². The molecule has 1 aliphatic carbocycles. The molecule has 114 valence electrons. The van der Waals surface area contributed by atoms with Crippen LogP contribution in [0.1, 0.15) is 36.4 Å². The normalized spacial score (nSPS) is 18.9. The van der Waals surface area contributed by atoms with Crippen molar-refractivity contribution in [2.75, 3.05) is 6.54 Å². The van der Waals surface area contributed by atoms with Crippen LogP contribution in [0.25, 0.3) is 0 Å². The lowest BCUT2D eigenvalue weighted by atomic mass is 10.2. The van der Waals surface area contributed by atoms with Crippen molar-refractivity contribution in [2.24, 2.45) is 0 Å². The van der Waals surface area contributed by atoms with Gasteiger partial charge in [-0.25, -0.2) is 13.1 Å². The molecular weight excluding hydrogens is 292 g/mol. The molecule has 0 saturated heterocycles. The zero-order valence-corrected chi connectivity index (χ0v) is 14.0. The van der Waals surface area contributed by atoms with Gasteiger partial charge in [0.2, 0.25) is 10.0 Å². The Kier molecular flexibility index (Phi) is 5.23. The van der Waals surface area contributed by atoms with Crippen LogP contribution >= 0.6 is 11.3 Å². The second-order valence-corrected chi connectivity index (χ2v) is 9.28. The molecule has 2 rings (SSSR count). The lowest BCUT2D eigenvalue weighted by Gasteiger charge is -2.18. The zero-order chi connectivity index (χ0) is 14.8. The van der Waals surface area contributed by atoms with Gasteiger partial charge in [-0.05, 0) is 52.2 Å². The molecule has 1 saturated carbocycles. The van der Waals surface area contributed by atoms with E-state index in [0.717, 1.165) is 6.42 Å². The van der Waals surface area contributed by atoms with E-state index in [9.17, 15) is 8.42 Å². The predicted octanol–water partition coefficient (Wildman–Crippen LogP) is 2.05. The van der Waals surface area contributed by atoms with Crippen LogP contribution in [0.4, 0.5) is 0 Å². The van der Waals surface area contributed by atoms with Gasteiger partial charge >= 0.3 is 0 Å². The number of hydrogen-bond acceptors (Lipinski definition) is 4. The lowest BCUT2D eigenvalue weighted by Crippen LogP contribution is -2.43. The van der Waals surface area contributed by atoms with E-state index in [4.69, 9.17) is 0 Å². The fourth-order valence-corrected chi connectivity index (χ4v) is 4.28. The molecule has 1 fully saturated rings. The minimum atomic E-state index is -3.25. The summed E-state index contributed by atoms with van der Waals surface area (Å²) in [5.74, 6) is 0. The van der Waals surface area contributed by atoms with Crippen LogP contribution < -0.4 is 10.0 Å². The number of sulfonamides is 1. The van der Waals surface area contributed by atoms with Crippen LogP contribution in [0.2, 0.25) is 0 Å². The summed E-state index contributed by atoms with van der Waals surface area (Å²) in [4.78, 5) is 2.48. The Morgan fingerprint density at radius 3 is 2.60 bits per heavy atom. The summed E-state index contributed by atoms with van der Waals surface area (Å²) in [5.41, 5.74) is 0. The maximum absolute atomic E-state index is 12.2. The van der Waals surface area contributed by atoms with E-state index in [1.165, 1.54) is 22.6 Å². The summed E-state index contributed by atoms with van der Waals surface area (Å²) in [6.07, 6.45) is 3.10. The van der Waals surface area contributed by atoms with Crippen molar-refractivity contribution >= 4 is 21.4 Å². The number of rotatable bonds is 8. The third-order valence-corrected chi connectivity index (χ3v) is 6.45. The molecule has 0 aromatic carbocycles. The van der Waals surface area contributed by atoms with Crippen molar-refractivity contribution in [1.29, 1.82) is 0 Å². The van der Waals surface area contributed by atoms with Gasteiger partial charge in [0.15, 0.2) is 0 Å². The van der Waals surface area contributed by atoms with E-state index in [1.807, 2.05) is 6.92 Å². The number of thiophene rings is 1. The molecule has 2 unspecified atom stereocenters. The Hall–Kier alpha value is -0.430. The molecule has 6 heteroatoms. The average molecular weight is 316 g/mol. The van der Waals surface area contributed by atoms with E-state index in [2.05, 4.69) is 29.1 Å². The van der Waals surface area contributed by atoms with Crippen LogP contribution in [0.3, 0.4) is 0 Å². The fourth-order valence-electron chi connectivity index (χ4n) is 2.06. The third kappa shape index (κ3) is 4.84. The summed E-state index contributed by atoms with van der Waals surface area (Å²) in [7, 11) is -3.25. The predicted molar refractivity (Wildman–Crippen MR) is 84.8 cm³/mol. The highest BCUT2D eigenvalue weighted by Gasteiger charge is 2.26. The highest BCUT2D eigenvalue weighted by molar-refractivity contribution is 7.90. The van der Waals surface area contributed by atoms with Gasteiger partial charge in [-0.15, -0.1) is 11.3 Å². The average Bonchev–Trinajstić information content (AvgIpc) is 3.09. The van der Waals surface area contributed by atoms with Gasteiger partial charge < -0.3 is 5.32 Å². The van der Waals surface area contributed by atoms with Crippen LogP contribution in [0.5, 0.6) is 0 Å². The molecule has 1 aromatic rings. The second kappa shape index (κ2) is 6.56. The molecule has 1 aromatic heterocycles. The quantitative estimate of drug-likeness (QED) is 0.772. The smallest absolute Gasteiger partial charge is 0.215 e. The molecule has 2 N–H and O–H groups in total. The minimum absolute atomic E-state index is 0.0681. The largest absolute Gasteiger partial charge is 0.313 e. The Labute approximate surface area is 126 Å². The second-order valence-electron chi connectivity index (χ2n) is 5.77. The van der Waals surface area contributed by atoms with Crippen molar-refractivity contribution in [3.8, 4) is 0 Å². The van der Waals surface area contributed by atoms with Crippen LogP contribution in [-0.2, 0) is 16.4 Å². The Morgan fingerprint density at radius 1 is 1.35 bits per heavy atom. The van der Waals surface area contributed by atoms with Crippen molar-refractivity contribution < 1.29 is 8.42 Å². The first-order valence-electron chi connectivity index (χ1n) is 7.16. The molecule has 2 atom stereocenters. The van der Waals surface area contributed by atoms with Crippen LogP contribution in [-0.4, -0.2) is 32.3 Å². The number of aryl methyl sites for hydroxylation is 1. The first kappa shape index (κ1) is 15.9. The first-order valence-corrected chi connectivity index (χ1v) is 9.53. The zero-order valence-electron chi connectivity index (χ0n) is 12.3. The molecule has 1 heterocycles. The maximum Gasteiger partial charge on any atom is 0.215 e. The summed E-state index contributed by atoms with van der Waals surface area (Å²) in [6, 6.07) is 4.62. The third-order valence-electron chi connectivity index (χ3n) is 3.47. The van der Waals surface area contributed by atoms with Gasteiger partial charge in [-0.2, -0.15) is 0 Å². The standard InChI is InChI=1S/C14H24N2O2S2/c1-10(8-14-7-4-11(2)19-14)16-20(17,18)12(3)9-15-13-5-6-13/h4,7,10,12-13,15-16H,5-6,8-9H2,1-3H3. The van der Waals surface area contributed by atoms with E-state index >= 15 is 0 Å². The maximum atomic E-state index is 12.2. The Morgan fingerprint density at radius 2 is 2.05 bits per heavy atom. The fraction of sp³-hybridized carbons (Fsp3) is 0.714. The Bertz CT molecular complexity index is 535. The van der Waals surface area contributed by atoms with Crippen LogP contribution in [0.15, 0.2) is 12.1 Å². The summed E-state index contributed by atoms with van der Waals surface area (Å²) < 4.78 is 27.2. The summed E-state index contributed by atoms with van der Waals surface area (Å²) >= 11 is 1.73. The van der Waals surface area contributed by atoms with E-state index in [1.54, 1.807) is 18.3 Å². The van der Waals surface area contributed by atoms with Gasteiger partial charge in [-0.3, -0.25) is 0 Å². The van der Waals surface area contributed by atoms with E-state index in [-0.39, 0.29) is 6.04 Å². The van der Waals surface area contributed by atoms with Crippen molar-refractivity contribution in [3.05, 3.63) is 21.9 Å². The molecule has 0 aliphatic heterocycles.